The minimum atomic E-state index is -0.327. The van der Waals surface area contributed by atoms with Crippen LogP contribution >= 0.6 is 0 Å². The fraction of sp³-hybridized carbons (Fsp3) is 0.500. The molecule has 0 aliphatic carbocycles. The maximum absolute atomic E-state index is 13.7. The average Bonchev–Trinajstić information content (AvgIpc) is 2.31. The lowest BCUT2D eigenvalue weighted by atomic mass is 9.93. The second kappa shape index (κ2) is 5.94. The van der Waals surface area contributed by atoms with Gasteiger partial charge in [0.25, 0.3) is 0 Å². The van der Waals surface area contributed by atoms with Crippen molar-refractivity contribution >= 4 is 0 Å². The van der Waals surface area contributed by atoms with Crippen molar-refractivity contribution in [3.05, 3.63) is 35.1 Å². The Labute approximate surface area is 108 Å². The molecule has 0 saturated heterocycles. The van der Waals surface area contributed by atoms with Crippen molar-refractivity contribution in [1.82, 2.24) is 4.90 Å². The van der Waals surface area contributed by atoms with Crippen molar-refractivity contribution in [2.45, 2.75) is 20.4 Å². The van der Waals surface area contributed by atoms with Gasteiger partial charge in [0.15, 0.2) is 0 Å². The fourth-order valence-corrected chi connectivity index (χ4v) is 1.89. The zero-order chi connectivity index (χ0) is 13.8. The number of benzene rings is 1. The van der Waals surface area contributed by atoms with Crippen LogP contribution in [0.5, 0.6) is 0 Å². The molecule has 4 heteroatoms. The molecule has 0 heterocycles. The molecule has 0 amide bonds. The maximum Gasteiger partial charge on any atom is 0.129 e. The molecule has 0 aliphatic heterocycles. The predicted octanol–water partition coefficient (Wildman–Crippen LogP) is 2.11. The fourth-order valence-electron chi connectivity index (χ4n) is 1.89. The normalized spacial score (nSPS) is 11.6. The first-order valence-corrected chi connectivity index (χ1v) is 5.95. The van der Waals surface area contributed by atoms with E-state index >= 15 is 0 Å². The van der Waals surface area contributed by atoms with Gasteiger partial charge in [-0.2, -0.15) is 5.26 Å². The average molecular weight is 249 g/mol. The molecule has 1 rings (SSSR count). The second-order valence-electron chi connectivity index (χ2n) is 5.46. The van der Waals surface area contributed by atoms with Gasteiger partial charge in [0.05, 0.1) is 11.6 Å². The van der Waals surface area contributed by atoms with Crippen molar-refractivity contribution in [2.75, 3.05) is 20.1 Å². The Morgan fingerprint density at radius 1 is 1.44 bits per heavy atom. The largest absolute Gasteiger partial charge is 0.330 e. The summed E-state index contributed by atoms with van der Waals surface area (Å²) in [6.07, 6.45) is 0. The summed E-state index contributed by atoms with van der Waals surface area (Å²) in [5, 5.41) is 8.68. The van der Waals surface area contributed by atoms with E-state index in [2.05, 4.69) is 13.8 Å². The number of rotatable bonds is 5. The topological polar surface area (TPSA) is 53.0 Å². The Morgan fingerprint density at radius 2 is 2.11 bits per heavy atom. The quantitative estimate of drug-likeness (QED) is 0.869. The summed E-state index contributed by atoms with van der Waals surface area (Å²) in [5.74, 6) is -0.327. The van der Waals surface area contributed by atoms with Crippen LogP contribution in [0.2, 0.25) is 0 Å². The van der Waals surface area contributed by atoms with E-state index in [1.54, 1.807) is 12.1 Å². The van der Waals surface area contributed by atoms with Gasteiger partial charge in [0.2, 0.25) is 0 Å². The first-order chi connectivity index (χ1) is 8.38. The van der Waals surface area contributed by atoms with E-state index in [1.807, 2.05) is 18.0 Å². The van der Waals surface area contributed by atoms with Crippen LogP contribution in [0, 0.1) is 22.6 Å². The molecular weight excluding hydrogens is 229 g/mol. The van der Waals surface area contributed by atoms with Gasteiger partial charge < -0.3 is 10.6 Å². The SMILES string of the molecule is CN(Cc1ccc(C#N)cc1F)CC(C)(C)CN. The number of hydrogen-bond donors (Lipinski definition) is 1. The van der Waals surface area contributed by atoms with Gasteiger partial charge in [-0.15, -0.1) is 0 Å². The van der Waals surface area contributed by atoms with Crippen LogP contribution in [0.1, 0.15) is 25.0 Å². The van der Waals surface area contributed by atoms with Gasteiger partial charge in [0.1, 0.15) is 5.82 Å². The minimum Gasteiger partial charge on any atom is -0.330 e. The van der Waals surface area contributed by atoms with Gasteiger partial charge in [-0.05, 0) is 31.1 Å². The Balaban J connectivity index is 2.71. The summed E-state index contributed by atoms with van der Waals surface area (Å²) in [6.45, 7) is 6.06. The number of nitrogens with two attached hydrogens (primary N) is 1. The van der Waals surface area contributed by atoms with Gasteiger partial charge >= 0.3 is 0 Å². The summed E-state index contributed by atoms with van der Waals surface area (Å²) >= 11 is 0. The zero-order valence-corrected chi connectivity index (χ0v) is 11.2. The highest BCUT2D eigenvalue weighted by Gasteiger charge is 2.18. The lowest BCUT2D eigenvalue weighted by molar-refractivity contribution is 0.208. The Morgan fingerprint density at radius 3 is 2.61 bits per heavy atom. The summed E-state index contributed by atoms with van der Waals surface area (Å²) < 4.78 is 13.7. The third kappa shape index (κ3) is 4.10. The molecule has 2 N–H and O–H groups in total. The van der Waals surface area contributed by atoms with Crippen LogP contribution in [-0.2, 0) is 6.54 Å². The summed E-state index contributed by atoms with van der Waals surface area (Å²) in [7, 11) is 1.94. The predicted molar refractivity (Wildman–Crippen MR) is 70.3 cm³/mol. The molecule has 0 atom stereocenters. The highest BCUT2D eigenvalue weighted by molar-refractivity contribution is 5.32. The van der Waals surface area contributed by atoms with E-state index < -0.39 is 0 Å². The van der Waals surface area contributed by atoms with E-state index in [1.165, 1.54) is 6.07 Å². The number of hydrogen-bond acceptors (Lipinski definition) is 3. The molecule has 0 spiro atoms. The van der Waals surface area contributed by atoms with E-state index in [0.717, 1.165) is 6.54 Å². The first kappa shape index (κ1) is 14.6. The Hall–Kier alpha value is -1.44. The molecule has 0 fully saturated rings. The van der Waals surface area contributed by atoms with Gasteiger partial charge in [0, 0.05) is 18.7 Å². The van der Waals surface area contributed by atoms with Gasteiger partial charge in [-0.3, -0.25) is 0 Å². The Kier molecular flexibility index (Phi) is 4.83. The smallest absolute Gasteiger partial charge is 0.129 e. The van der Waals surface area contributed by atoms with E-state index in [4.69, 9.17) is 11.0 Å². The molecule has 1 aromatic carbocycles. The number of nitrogens with zero attached hydrogens (tertiary/aromatic N) is 2. The first-order valence-electron chi connectivity index (χ1n) is 5.95. The van der Waals surface area contributed by atoms with Crippen LogP contribution in [-0.4, -0.2) is 25.0 Å². The van der Waals surface area contributed by atoms with Crippen molar-refractivity contribution in [2.24, 2.45) is 11.1 Å². The van der Waals surface area contributed by atoms with Crippen LogP contribution in [0.25, 0.3) is 0 Å². The maximum atomic E-state index is 13.7. The zero-order valence-electron chi connectivity index (χ0n) is 11.2. The molecule has 0 aromatic heterocycles. The summed E-state index contributed by atoms with van der Waals surface area (Å²) in [5.41, 5.74) is 6.64. The Bertz CT molecular complexity index is 449. The van der Waals surface area contributed by atoms with Crippen LogP contribution < -0.4 is 5.73 Å². The van der Waals surface area contributed by atoms with E-state index in [9.17, 15) is 4.39 Å². The number of halogens is 1. The molecule has 1 aromatic rings. The minimum absolute atomic E-state index is 0.0117. The van der Waals surface area contributed by atoms with Crippen molar-refractivity contribution in [3.63, 3.8) is 0 Å². The number of nitriles is 1. The third-order valence-corrected chi connectivity index (χ3v) is 2.87. The van der Waals surface area contributed by atoms with E-state index in [0.29, 0.717) is 24.2 Å². The molecule has 3 nitrogen and oxygen atoms in total. The van der Waals surface area contributed by atoms with Crippen LogP contribution in [0.3, 0.4) is 0 Å². The standard InChI is InChI=1S/C14H20FN3/c1-14(2,9-17)10-18(3)8-12-5-4-11(7-16)6-13(12)15/h4-6H,8-10,17H2,1-3H3. The monoisotopic (exact) mass is 249 g/mol. The van der Waals surface area contributed by atoms with Gasteiger partial charge in [-0.1, -0.05) is 19.9 Å². The highest BCUT2D eigenvalue weighted by atomic mass is 19.1. The lowest BCUT2D eigenvalue weighted by Gasteiger charge is -2.29. The molecule has 98 valence electrons. The van der Waals surface area contributed by atoms with Crippen molar-refractivity contribution in [3.8, 4) is 6.07 Å². The molecule has 0 aliphatic rings. The van der Waals surface area contributed by atoms with Crippen LogP contribution in [0.15, 0.2) is 18.2 Å². The lowest BCUT2D eigenvalue weighted by Crippen LogP contribution is -2.36. The van der Waals surface area contributed by atoms with Crippen molar-refractivity contribution < 1.29 is 4.39 Å². The van der Waals surface area contributed by atoms with Crippen LogP contribution in [0.4, 0.5) is 4.39 Å². The molecule has 0 bridgehead atoms. The van der Waals surface area contributed by atoms with Crippen molar-refractivity contribution in [1.29, 1.82) is 5.26 Å². The summed E-state index contributed by atoms with van der Waals surface area (Å²) in [4.78, 5) is 2.04. The molecule has 0 saturated carbocycles. The molecular formula is C14H20FN3. The molecule has 0 unspecified atom stereocenters. The van der Waals surface area contributed by atoms with Gasteiger partial charge in [-0.25, -0.2) is 4.39 Å². The molecule has 18 heavy (non-hydrogen) atoms. The third-order valence-electron chi connectivity index (χ3n) is 2.87. The molecule has 0 radical (unpaired) electrons. The highest BCUT2D eigenvalue weighted by Crippen LogP contribution is 2.17. The second-order valence-corrected chi connectivity index (χ2v) is 5.46. The van der Waals surface area contributed by atoms with E-state index in [-0.39, 0.29) is 11.2 Å². The summed E-state index contributed by atoms with van der Waals surface area (Å²) in [6, 6.07) is 6.51.